The van der Waals surface area contributed by atoms with Crippen LogP contribution < -0.4 is 15.4 Å². The number of ether oxygens (including phenoxy) is 1. The Morgan fingerprint density at radius 2 is 2.15 bits per heavy atom. The van der Waals surface area contributed by atoms with Crippen LogP contribution in [0.5, 0.6) is 5.75 Å². The summed E-state index contributed by atoms with van der Waals surface area (Å²) in [4.78, 5) is 27.9. The number of aromatic nitrogens is 2. The van der Waals surface area contributed by atoms with Gasteiger partial charge in [0.1, 0.15) is 16.8 Å². The summed E-state index contributed by atoms with van der Waals surface area (Å²) in [7, 11) is 3.44. The highest BCUT2D eigenvalue weighted by Crippen LogP contribution is 2.36. The number of methoxy groups -OCH3 is 1. The lowest BCUT2D eigenvalue weighted by molar-refractivity contribution is -0.116. The molecule has 0 radical (unpaired) electrons. The van der Waals surface area contributed by atoms with E-state index < -0.39 is 0 Å². The van der Waals surface area contributed by atoms with Crippen molar-refractivity contribution in [2.45, 2.75) is 32.4 Å². The molecule has 0 spiro atoms. The maximum absolute atomic E-state index is 12.6. The highest BCUT2D eigenvalue weighted by molar-refractivity contribution is 7.16. The monoisotopic (exact) mass is 478 g/mol. The number of urea groups is 1. The first-order chi connectivity index (χ1) is 16.5. The SMILES string of the molecule is COc1ccccc1CCC(=O)Nc1sc2c(c1C#N)CCN(C(=O)NCc1cnn(C)c1)C2. The average Bonchev–Trinajstić information content (AvgIpc) is 3.42. The van der Waals surface area contributed by atoms with Crippen molar-refractivity contribution < 1.29 is 14.3 Å². The first kappa shape index (κ1) is 23.3. The molecule has 0 atom stereocenters. The van der Waals surface area contributed by atoms with Crippen molar-refractivity contribution in [1.82, 2.24) is 20.0 Å². The zero-order valence-electron chi connectivity index (χ0n) is 19.1. The van der Waals surface area contributed by atoms with Gasteiger partial charge in [0.05, 0.1) is 25.4 Å². The van der Waals surface area contributed by atoms with Crippen molar-refractivity contribution >= 4 is 28.3 Å². The maximum atomic E-state index is 12.6. The third-order valence-electron chi connectivity index (χ3n) is 5.72. The van der Waals surface area contributed by atoms with Gasteiger partial charge in [-0.3, -0.25) is 9.48 Å². The quantitative estimate of drug-likeness (QED) is 0.542. The largest absolute Gasteiger partial charge is 0.496 e. The van der Waals surface area contributed by atoms with E-state index in [1.54, 1.807) is 22.9 Å². The molecule has 0 saturated heterocycles. The highest BCUT2D eigenvalue weighted by Gasteiger charge is 2.27. The van der Waals surface area contributed by atoms with E-state index in [1.165, 1.54) is 11.3 Å². The molecule has 1 aliphatic rings. The molecule has 3 amide bonds. The molecule has 10 heteroatoms. The summed E-state index contributed by atoms with van der Waals surface area (Å²) in [6.45, 7) is 1.32. The Bertz CT molecular complexity index is 1240. The van der Waals surface area contributed by atoms with Gasteiger partial charge < -0.3 is 20.3 Å². The van der Waals surface area contributed by atoms with Crippen molar-refractivity contribution in [3.8, 4) is 11.8 Å². The number of benzene rings is 1. The number of hydrogen-bond donors (Lipinski definition) is 2. The lowest BCUT2D eigenvalue weighted by Gasteiger charge is -2.27. The predicted molar refractivity (Wildman–Crippen MR) is 129 cm³/mol. The molecular formula is C24H26N6O3S. The molecule has 176 valence electrons. The van der Waals surface area contributed by atoms with Crippen LogP contribution >= 0.6 is 11.3 Å². The van der Waals surface area contributed by atoms with Gasteiger partial charge in [0.25, 0.3) is 0 Å². The van der Waals surface area contributed by atoms with Crippen molar-refractivity contribution in [2.75, 3.05) is 19.0 Å². The number of carbonyl (C=O) groups excluding carboxylic acids is 2. The number of para-hydroxylation sites is 1. The van der Waals surface area contributed by atoms with E-state index in [0.717, 1.165) is 27.3 Å². The Kier molecular flexibility index (Phi) is 7.13. The van der Waals surface area contributed by atoms with Gasteiger partial charge in [0.15, 0.2) is 0 Å². The van der Waals surface area contributed by atoms with Gasteiger partial charge in [0, 0.05) is 43.2 Å². The first-order valence-electron chi connectivity index (χ1n) is 10.9. The fourth-order valence-corrected chi connectivity index (χ4v) is 5.21. The minimum atomic E-state index is -0.163. The van der Waals surface area contributed by atoms with E-state index in [4.69, 9.17) is 4.74 Å². The smallest absolute Gasteiger partial charge is 0.318 e. The fourth-order valence-electron chi connectivity index (χ4n) is 3.98. The number of nitrogens with one attached hydrogen (secondary N) is 2. The number of thiophene rings is 1. The van der Waals surface area contributed by atoms with Crippen LogP contribution in [0.2, 0.25) is 0 Å². The van der Waals surface area contributed by atoms with Crippen molar-refractivity contribution in [1.29, 1.82) is 5.26 Å². The van der Waals surface area contributed by atoms with Crippen LogP contribution in [0.15, 0.2) is 36.7 Å². The van der Waals surface area contributed by atoms with Gasteiger partial charge in [-0.15, -0.1) is 11.3 Å². The zero-order chi connectivity index (χ0) is 24.1. The molecule has 0 unspecified atom stereocenters. The number of hydrogen-bond acceptors (Lipinski definition) is 6. The van der Waals surface area contributed by atoms with Gasteiger partial charge in [-0.2, -0.15) is 10.4 Å². The van der Waals surface area contributed by atoms with Crippen LogP contribution in [-0.2, 0) is 37.8 Å². The molecule has 4 rings (SSSR count). The number of carbonyl (C=O) groups is 2. The normalized spacial score (nSPS) is 12.6. The second-order valence-corrected chi connectivity index (χ2v) is 9.14. The molecule has 9 nitrogen and oxygen atoms in total. The Balaban J connectivity index is 1.37. The summed E-state index contributed by atoms with van der Waals surface area (Å²) in [5.41, 5.74) is 3.30. The molecule has 2 aromatic heterocycles. The van der Waals surface area contributed by atoms with E-state index in [0.29, 0.717) is 43.0 Å². The number of anilines is 1. The number of fused-ring (bicyclic) bond motifs is 1. The number of rotatable bonds is 7. The molecule has 0 fully saturated rings. The van der Waals surface area contributed by atoms with Gasteiger partial charge in [-0.25, -0.2) is 4.79 Å². The molecule has 0 bridgehead atoms. The molecule has 0 aliphatic carbocycles. The summed E-state index contributed by atoms with van der Waals surface area (Å²) in [5, 5.41) is 20.2. The standard InChI is InChI=1S/C24H26N6O3S/c1-29-14-16(13-27-29)12-26-24(32)30-10-9-18-19(11-25)23(34-21(18)15-30)28-22(31)8-7-17-5-3-4-6-20(17)33-2/h3-6,13-14H,7-10,12,15H2,1-2H3,(H,26,32)(H,28,31). The third-order valence-corrected chi connectivity index (χ3v) is 6.86. The number of aryl methyl sites for hydroxylation is 2. The second-order valence-electron chi connectivity index (χ2n) is 8.03. The van der Waals surface area contributed by atoms with Crippen LogP contribution in [0.1, 0.15) is 33.6 Å². The molecule has 3 heterocycles. The Hall–Kier alpha value is -3.84. The first-order valence-corrected chi connectivity index (χ1v) is 11.8. The Morgan fingerprint density at radius 1 is 1.32 bits per heavy atom. The zero-order valence-corrected chi connectivity index (χ0v) is 19.9. The number of amides is 3. The molecular weight excluding hydrogens is 452 g/mol. The van der Waals surface area contributed by atoms with Gasteiger partial charge in [-0.1, -0.05) is 18.2 Å². The van der Waals surface area contributed by atoms with Crippen molar-refractivity contribution in [2.24, 2.45) is 7.05 Å². The molecule has 1 aliphatic heterocycles. The molecule has 2 N–H and O–H groups in total. The van der Waals surface area contributed by atoms with Gasteiger partial charge in [-0.05, 0) is 30.0 Å². The minimum absolute atomic E-state index is 0.160. The van der Waals surface area contributed by atoms with E-state index in [2.05, 4.69) is 21.8 Å². The lowest BCUT2D eigenvalue weighted by atomic mass is 10.0. The molecule has 0 saturated carbocycles. The summed E-state index contributed by atoms with van der Waals surface area (Å²) in [6, 6.07) is 9.68. The van der Waals surface area contributed by atoms with E-state index in [1.807, 2.05) is 37.5 Å². The van der Waals surface area contributed by atoms with Crippen LogP contribution in [0, 0.1) is 11.3 Å². The fraction of sp³-hybridized carbons (Fsp3) is 0.333. The van der Waals surface area contributed by atoms with Crippen LogP contribution in [0.4, 0.5) is 9.80 Å². The topological polar surface area (TPSA) is 112 Å². The van der Waals surface area contributed by atoms with Gasteiger partial charge in [0.2, 0.25) is 5.91 Å². The lowest BCUT2D eigenvalue weighted by Crippen LogP contribution is -2.42. The summed E-state index contributed by atoms with van der Waals surface area (Å²) in [6.07, 6.45) is 4.96. The van der Waals surface area contributed by atoms with Crippen molar-refractivity contribution in [3.05, 3.63) is 63.8 Å². The molecule has 34 heavy (non-hydrogen) atoms. The van der Waals surface area contributed by atoms with Crippen LogP contribution in [0.3, 0.4) is 0 Å². The number of nitriles is 1. The summed E-state index contributed by atoms with van der Waals surface area (Å²) in [5.74, 6) is 0.591. The Labute approximate surface area is 201 Å². The van der Waals surface area contributed by atoms with Crippen molar-refractivity contribution in [3.63, 3.8) is 0 Å². The maximum Gasteiger partial charge on any atom is 0.318 e. The average molecular weight is 479 g/mol. The van der Waals surface area contributed by atoms with Crippen LogP contribution in [-0.4, -0.2) is 40.3 Å². The minimum Gasteiger partial charge on any atom is -0.496 e. The summed E-state index contributed by atoms with van der Waals surface area (Å²) >= 11 is 1.37. The third kappa shape index (κ3) is 5.21. The summed E-state index contributed by atoms with van der Waals surface area (Å²) < 4.78 is 7.04. The Morgan fingerprint density at radius 3 is 2.88 bits per heavy atom. The van der Waals surface area contributed by atoms with Gasteiger partial charge >= 0.3 is 6.03 Å². The van der Waals surface area contributed by atoms with E-state index in [-0.39, 0.29) is 18.4 Å². The second kappa shape index (κ2) is 10.4. The highest BCUT2D eigenvalue weighted by atomic mass is 32.1. The molecule has 1 aromatic carbocycles. The van der Waals surface area contributed by atoms with E-state index in [9.17, 15) is 14.9 Å². The molecule has 3 aromatic rings. The van der Waals surface area contributed by atoms with Crippen LogP contribution in [0.25, 0.3) is 0 Å². The van der Waals surface area contributed by atoms with E-state index >= 15 is 0 Å². The number of nitrogens with zero attached hydrogens (tertiary/aromatic N) is 4. The predicted octanol–water partition coefficient (Wildman–Crippen LogP) is 3.20.